The van der Waals surface area contributed by atoms with Gasteiger partial charge in [0.1, 0.15) is 16.7 Å². The molecule has 0 bridgehead atoms. The van der Waals surface area contributed by atoms with E-state index in [2.05, 4.69) is 9.71 Å². The summed E-state index contributed by atoms with van der Waals surface area (Å²) in [6.45, 7) is 5.15. The van der Waals surface area contributed by atoms with Gasteiger partial charge in [0.15, 0.2) is 0 Å². The van der Waals surface area contributed by atoms with Crippen LogP contribution in [0.4, 0.5) is 4.39 Å². The van der Waals surface area contributed by atoms with Gasteiger partial charge in [-0.3, -0.25) is 0 Å². The van der Waals surface area contributed by atoms with E-state index in [0.717, 1.165) is 16.7 Å². The summed E-state index contributed by atoms with van der Waals surface area (Å²) >= 11 is 0. The molecule has 6 nitrogen and oxygen atoms in total. The first-order valence-electron chi connectivity index (χ1n) is 11.4. The first-order chi connectivity index (χ1) is 16.6. The first-order valence-corrected chi connectivity index (χ1v) is 13.0. The minimum atomic E-state index is -3.93. The van der Waals surface area contributed by atoms with Gasteiger partial charge in [-0.2, -0.15) is 0 Å². The van der Waals surface area contributed by atoms with E-state index in [-0.39, 0.29) is 24.6 Å². The molecular weight excluding hydrogens is 467 g/mol. The van der Waals surface area contributed by atoms with Crippen LogP contribution in [-0.4, -0.2) is 31.8 Å². The van der Waals surface area contributed by atoms with Gasteiger partial charge < -0.3 is 9.84 Å². The van der Waals surface area contributed by atoms with Crippen molar-refractivity contribution in [2.75, 3.05) is 6.61 Å². The van der Waals surface area contributed by atoms with E-state index in [0.29, 0.717) is 5.56 Å². The second kappa shape index (κ2) is 9.79. The zero-order valence-electron chi connectivity index (χ0n) is 19.9. The zero-order chi connectivity index (χ0) is 25.2. The molecule has 0 spiro atoms. The molecule has 1 aliphatic rings. The number of amidine groups is 1. The van der Waals surface area contributed by atoms with Crippen molar-refractivity contribution in [2.24, 2.45) is 4.99 Å². The highest BCUT2D eigenvalue weighted by Crippen LogP contribution is 2.40. The molecule has 3 aromatic carbocycles. The minimum absolute atomic E-state index is 0.111. The molecule has 1 saturated heterocycles. The monoisotopic (exact) mass is 496 g/mol. The van der Waals surface area contributed by atoms with Crippen LogP contribution in [0.15, 0.2) is 77.8 Å². The van der Waals surface area contributed by atoms with E-state index in [1.54, 1.807) is 44.2 Å². The second-order valence-electron chi connectivity index (χ2n) is 9.15. The van der Waals surface area contributed by atoms with Gasteiger partial charge in [-0.15, -0.1) is 0 Å². The smallest absolute Gasteiger partial charge is 0.299 e. The Hall–Kier alpha value is -3.23. The Bertz CT molecular complexity index is 1340. The Kier molecular flexibility index (Phi) is 6.96. The van der Waals surface area contributed by atoms with Gasteiger partial charge in [0.2, 0.25) is 10.0 Å². The summed E-state index contributed by atoms with van der Waals surface area (Å²) < 4.78 is 49.5. The predicted octanol–water partition coefficient (Wildman–Crippen LogP) is 5.05. The molecule has 0 aromatic heterocycles. The van der Waals surface area contributed by atoms with Gasteiger partial charge in [-0.1, -0.05) is 66.7 Å². The van der Waals surface area contributed by atoms with Crippen LogP contribution >= 0.6 is 0 Å². The lowest BCUT2D eigenvalue weighted by Crippen LogP contribution is -2.53. The average Bonchev–Trinajstić information content (AvgIpc) is 2.78. The summed E-state index contributed by atoms with van der Waals surface area (Å²) in [7, 11) is -3.93. The third-order valence-corrected chi connectivity index (χ3v) is 8.06. The lowest BCUT2D eigenvalue weighted by atomic mass is 9.94. The highest BCUT2D eigenvalue weighted by molar-refractivity contribution is 7.90. The number of hydrogen-bond acceptors (Lipinski definition) is 5. The average molecular weight is 497 g/mol. The van der Waals surface area contributed by atoms with Crippen molar-refractivity contribution in [2.45, 2.75) is 44.1 Å². The highest BCUT2D eigenvalue weighted by Gasteiger charge is 2.48. The van der Waals surface area contributed by atoms with Crippen LogP contribution in [0.1, 0.15) is 48.3 Å². The van der Waals surface area contributed by atoms with Crippen molar-refractivity contribution < 1.29 is 22.7 Å². The lowest BCUT2D eigenvalue weighted by Gasteiger charge is -2.39. The Balaban J connectivity index is 1.65. The fourth-order valence-electron chi connectivity index (χ4n) is 4.54. The molecule has 2 N–H and O–H groups in total. The molecule has 2 atom stereocenters. The van der Waals surface area contributed by atoms with Gasteiger partial charge in [-0.25, -0.2) is 22.5 Å². The van der Waals surface area contributed by atoms with Crippen LogP contribution in [0, 0.1) is 12.7 Å². The number of rotatable bonds is 6. The van der Waals surface area contributed by atoms with Gasteiger partial charge in [0, 0.05) is 12.2 Å². The molecule has 1 heterocycles. The maximum Gasteiger partial charge on any atom is 0.299 e. The highest BCUT2D eigenvalue weighted by atomic mass is 32.2. The number of ether oxygens (including phenoxy) is 1. The van der Waals surface area contributed by atoms with Crippen molar-refractivity contribution in [3.05, 3.63) is 95.3 Å². The first kappa shape index (κ1) is 24.9. The van der Waals surface area contributed by atoms with Crippen LogP contribution in [0.25, 0.3) is 11.1 Å². The van der Waals surface area contributed by atoms with Gasteiger partial charge in [0.05, 0.1) is 6.04 Å². The molecule has 0 aliphatic carbocycles. The summed E-state index contributed by atoms with van der Waals surface area (Å²) in [5, 5.41) is 8.47. The maximum absolute atomic E-state index is 14.4. The fraction of sp³-hybridized carbons (Fsp3) is 0.296. The summed E-state index contributed by atoms with van der Waals surface area (Å²) in [5.41, 5.74) is 2.88. The second-order valence-corrected chi connectivity index (χ2v) is 10.9. The standard InChI is InChI=1S/C27H29FN2O4S/c1-18-8-4-5-9-21(18)19-12-14-20(15-13-19)25-27(2,3)34-26(30-35(25,32)33)29-24(16-17-31)22-10-6-7-11-23(22)28/h4-15,24-25,31H,16-17H2,1-3H3,(H,29,30)/t24-,25?/m0/s1. The number of aliphatic imine (C=N–C) groups is 1. The Morgan fingerprint density at radius 3 is 2.34 bits per heavy atom. The van der Waals surface area contributed by atoms with Gasteiger partial charge >= 0.3 is 0 Å². The zero-order valence-corrected chi connectivity index (χ0v) is 20.7. The summed E-state index contributed by atoms with van der Waals surface area (Å²) in [5.74, 6) is -0.486. The topological polar surface area (TPSA) is 88.0 Å². The third-order valence-electron chi connectivity index (χ3n) is 6.14. The number of aliphatic hydroxyl groups is 1. The van der Waals surface area contributed by atoms with E-state index in [1.807, 2.05) is 43.3 Å². The molecule has 0 radical (unpaired) electrons. The van der Waals surface area contributed by atoms with Crippen LogP contribution < -0.4 is 4.72 Å². The van der Waals surface area contributed by atoms with Crippen LogP contribution in [0.3, 0.4) is 0 Å². The molecule has 0 amide bonds. The SMILES string of the molecule is Cc1ccccc1-c1ccc(C2C(C)(C)OC(=N[C@@H](CCO)c3ccccc3F)NS2(=O)=O)cc1. The van der Waals surface area contributed by atoms with E-state index < -0.39 is 32.7 Å². The van der Waals surface area contributed by atoms with E-state index in [4.69, 9.17) is 4.74 Å². The predicted molar refractivity (Wildman–Crippen MR) is 135 cm³/mol. The maximum atomic E-state index is 14.4. The van der Waals surface area contributed by atoms with Crippen LogP contribution in [0.2, 0.25) is 0 Å². The van der Waals surface area contributed by atoms with Crippen LogP contribution in [-0.2, 0) is 14.8 Å². The van der Waals surface area contributed by atoms with Crippen molar-refractivity contribution in [3.63, 3.8) is 0 Å². The number of benzene rings is 3. The molecule has 1 unspecified atom stereocenters. The Labute approximate surface area is 205 Å². The number of hydrogen-bond donors (Lipinski definition) is 2. The molecule has 3 aromatic rings. The summed E-state index contributed by atoms with van der Waals surface area (Å²) in [6.07, 6.45) is 0.111. The number of halogens is 1. The summed E-state index contributed by atoms with van der Waals surface area (Å²) in [6, 6.07) is 20.5. The third kappa shape index (κ3) is 5.23. The van der Waals surface area contributed by atoms with Gasteiger partial charge in [-0.05, 0) is 55.5 Å². The molecule has 1 aliphatic heterocycles. The molecular formula is C27H29FN2O4S. The summed E-state index contributed by atoms with van der Waals surface area (Å²) in [4.78, 5) is 4.34. The van der Waals surface area contributed by atoms with Crippen molar-refractivity contribution >= 4 is 16.0 Å². The molecule has 1 fully saturated rings. The molecule has 184 valence electrons. The van der Waals surface area contributed by atoms with E-state index >= 15 is 0 Å². The molecule has 8 heteroatoms. The van der Waals surface area contributed by atoms with Gasteiger partial charge in [0.25, 0.3) is 6.02 Å². The Morgan fingerprint density at radius 1 is 1.06 bits per heavy atom. The normalized spacial score (nSPS) is 20.6. The van der Waals surface area contributed by atoms with E-state index in [9.17, 15) is 17.9 Å². The molecule has 35 heavy (non-hydrogen) atoms. The van der Waals surface area contributed by atoms with Crippen molar-refractivity contribution in [1.29, 1.82) is 0 Å². The number of nitrogens with one attached hydrogen (secondary N) is 1. The quantitative estimate of drug-likeness (QED) is 0.500. The molecule has 4 rings (SSSR count). The van der Waals surface area contributed by atoms with Crippen molar-refractivity contribution in [3.8, 4) is 11.1 Å². The number of aryl methyl sites for hydroxylation is 1. The Morgan fingerprint density at radius 2 is 1.71 bits per heavy atom. The molecule has 0 saturated carbocycles. The van der Waals surface area contributed by atoms with Crippen LogP contribution in [0.5, 0.6) is 0 Å². The largest absolute Gasteiger partial charge is 0.457 e. The number of sulfonamides is 1. The number of aliphatic hydroxyl groups excluding tert-OH is 1. The lowest BCUT2D eigenvalue weighted by molar-refractivity contribution is 0.0758. The minimum Gasteiger partial charge on any atom is -0.457 e. The van der Waals surface area contributed by atoms with Crippen molar-refractivity contribution in [1.82, 2.24) is 4.72 Å². The fourth-order valence-corrected chi connectivity index (χ4v) is 6.31. The van der Waals surface area contributed by atoms with E-state index in [1.165, 1.54) is 6.07 Å². The number of nitrogens with zero attached hydrogens (tertiary/aromatic N) is 1.